The Morgan fingerprint density at radius 3 is 2.79 bits per heavy atom. The molecular weight excluding hydrogens is 302 g/mol. The normalized spacial score (nSPS) is 26.5. The molecule has 5 heteroatoms. The monoisotopic (exact) mass is 329 g/mol. The standard InChI is InChI=1S/C19H27N3O2/c1-3-10-22-16-7-5-8-17(22)12-15(11-16)21-19(23)20-14-6-4-9-18(13-14)24-2/h3-4,6,9,13,15-17H,1,5,7-8,10-12H2,2H3,(H2,20,21,23)/t16-,17-/m0/s1. The van der Waals surface area contributed by atoms with Gasteiger partial charge in [0, 0.05) is 36.4 Å². The molecule has 130 valence electrons. The highest BCUT2D eigenvalue weighted by Gasteiger charge is 2.37. The van der Waals surface area contributed by atoms with Gasteiger partial charge in [-0.1, -0.05) is 18.6 Å². The van der Waals surface area contributed by atoms with Gasteiger partial charge in [0.05, 0.1) is 7.11 Å². The Labute approximate surface area is 144 Å². The van der Waals surface area contributed by atoms with E-state index in [4.69, 9.17) is 4.74 Å². The molecule has 0 saturated carbocycles. The molecule has 5 nitrogen and oxygen atoms in total. The first-order chi connectivity index (χ1) is 11.7. The van der Waals surface area contributed by atoms with Crippen LogP contribution in [0.1, 0.15) is 32.1 Å². The van der Waals surface area contributed by atoms with Crippen molar-refractivity contribution in [1.29, 1.82) is 0 Å². The maximum absolute atomic E-state index is 12.3. The number of benzene rings is 1. The Kier molecular flexibility index (Phi) is 5.41. The van der Waals surface area contributed by atoms with Gasteiger partial charge < -0.3 is 15.4 Å². The Balaban J connectivity index is 1.56. The number of ether oxygens (including phenoxy) is 1. The molecule has 1 aromatic rings. The molecule has 2 amide bonds. The molecule has 0 unspecified atom stereocenters. The van der Waals surface area contributed by atoms with Crippen LogP contribution in [0.3, 0.4) is 0 Å². The van der Waals surface area contributed by atoms with Crippen LogP contribution in [0.2, 0.25) is 0 Å². The molecule has 3 rings (SSSR count). The summed E-state index contributed by atoms with van der Waals surface area (Å²) >= 11 is 0. The fourth-order valence-electron chi connectivity index (χ4n) is 4.10. The zero-order chi connectivity index (χ0) is 16.9. The highest BCUT2D eigenvalue weighted by atomic mass is 16.5. The third-order valence-electron chi connectivity index (χ3n) is 5.13. The second-order valence-corrected chi connectivity index (χ2v) is 6.72. The van der Waals surface area contributed by atoms with Gasteiger partial charge >= 0.3 is 6.03 Å². The number of carbonyl (C=O) groups is 1. The molecule has 2 aliphatic heterocycles. The maximum Gasteiger partial charge on any atom is 0.319 e. The van der Waals surface area contributed by atoms with Gasteiger partial charge in [0.1, 0.15) is 5.75 Å². The number of amides is 2. The summed E-state index contributed by atoms with van der Waals surface area (Å²) < 4.78 is 5.19. The number of carbonyl (C=O) groups excluding carboxylic acids is 1. The molecule has 2 atom stereocenters. The van der Waals surface area contributed by atoms with E-state index in [9.17, 15) is 4.79 Å². The van der Waals surface area contributed by atoms with Crippen LogP contribution in [-0.4, -0.2) is 42.7 Å². The molecule has 0 aromatic heterocycles. The van der Waals surface area contributed by atoms with Crippen molar-refractivity contribution < 1.29 is 9.53 Å². The molecule has 0 spiro atoms. The van der Waals surface area contributed by atoms with Gasteiger partial charge in [-0.15, -0.1) is 6.58 Å². The molecular formula is C19H27N3O2. The van der Waals surface area contributed by atoms with Crippen molar-refractivity contribution in [1.82, 2.24) is 10.2 Å². The number of rotatable bonds is 5. The smallest absolute Gasteiger partial charge is 0.319 e. The highest BCUT2D eigenvalue weighted by molar-refractivity contribution is 5.89. The SMILES string of the molecule is C=CCN1[C@H]2CCC[C@H]1CC(NC(=O)Nc1cccc(OC)c1)C2. The molecule has 2 heterocycles. The molecule has 2 aliphatic rings. The van der Waals surface area contributed by atoms with E-state index < -0.39 is 0 Å². The van der Waals surface area contributed by atoms with Crippen molar-refractivity contribution >= 4 is 11.7 Å². The minimum Gasteiger partial charge on any atom is -0.497 e. The molecule has 2 fully saturated rings. The van der Waals surface area contributed by atoms with Gasteiger partial charge in [-0.2, -0.15) is 0 Å². The van der Waals surface area contributed by atoms with Crippen LogP contribution in [-0.2, 0) is 0 Å². The fourth-order valence-corrected chi connectivity index (χ4v) is 4.10. The second kappa shape index (κ2) is 7.71. The summed E-state index contributed by atoms with van der Waals surface area (Å²) in [5.41, 5.74) is 0.746. The zero-order valence-electron chi connectivity index (χ0n) is 14.3. The zero-order valence-corrected chi connectivity index (χ0v) is 14.3. The second-order valence-electron chi connectivity index (χ2n) is 6.72. The molecule has 2 saturated heterocycles. The molecule has 1 aromatic carbocycles. The van der Waals surface area contributed by atoms with E-state index in [0.717, 1.165) is 30.8 Å². The number of methoxy groups -OCH3 is 1. The predicted molar refractivity (Wildman–Crippen MR) is 96.5 cm³/mol. The number of piperidine rings is 2. The predicted octanol–water partition coefficient (Wildman–Crippen LogP) is 3.39. The average Bonchev–Trinajstić information content (AvgIpc) is 2.56. The lowest BCUT2D eigenvalue weighted by molar-refractivity contribution is 0.0375. The summed E-state index contributed by atoms with van der Waals surface area (Å²) in [5, 5.41) is 6.06. The summed E-state index contributed by atoms with van der Waals surface area (Å²) in [6.45, 7) is 4.84. The van der Waals surface area contributed by atoms with Gasteiger partial charge in [0.25, 0.3) is 0 Å². The van der Waals surface area contributed by atoms with E-state index in [2.05, 4.69) is 22.1 Å². The van der Waals surface area contributed by atoms with Crippen LogP contribution in [0.4, 0.5) is 10.5 Å². The fraction of sp³-hybridized carbons (Fsp3) is 0.526. The van der Waals surface area contributed by atoms with Gasteiger partial charge in [-0.3, -0.25) is 4.90 Å². The van der Waals surface area contributed by atoms with Crippen molar-refractivity contribution in [3.05, 3.63) is 36.9 Å². The van der Waals surface area contributed by atoms with Crippen LogP contribution < -0.4 is 15.4 Å². The Morgan fingerprint density at radius 2 is 2.12 bits per heavy atom. The summed E-state index contributed by atoms with van der Waals surface area (Å²) in [4.78, 5) is 14.9. The van der Waals surface area contributed by atoms with Crippen molar-refractivity contribution in [2.75, 3.05) is 19.0 Å². The van der Waals surface area contributed by atoms with Gasteiger partial charge in [0.2, 0.25) is 0 Å². The van der Waals surface area contributed by atoms with E-state index in [1.54, 1.807) is 7.11 Å². The summed E-state index contributed by atoms with van der Waals surface area (Å²) in [6.07, 6.45) is 7.78. The minimum absolute atomic E-state index is 0.136. The maximum atomic E-state index is 12.3. The largest absolute Gasteiger partial charge is 0.497 e. The van der Waals surface area contributed by atoms with Crippen molar-refractivity contribution in [2.45, 2.75) is 50.2 Å². The Hall–Kier alpha value is -2.01. The minimum atomic E-state index is -0.136. The number of urea groups is 1. The number of fused-ring (bicyclic) bond motifs is 2. The van der Waals surface area contributed by atoms with E-state index in [-0.39, 0.29) is 12.1 Å². The Bertz CT molecular complexity index is 576. The van der Waals surface area contributed by atoms with Crippen molar-refractivity contribution in [3.63, 3.8) is 0 Å². The molecule has 2 N–H and O–H groups in total. The number of nitrogens with zero attached hydrogens (tertiary/aromatic N) is 1. The number of nitrogens with one attached hydrogen (secondary N) is 2. The lowest BCUT2D eigenvalue weighted by Gasteiger charge is -2.48. The third kappa shape index (κ3) is 3.90. The molecule has 0 aliphatic carbocycles. The highest BCUT2D eigenvalue weighted by Crippen LogP contribution is 2.33. The summed E-state index contributed by atoms with van der Waals surface area (Å²) in [6, 6.07) is 8.65. The third-order valence-corrected chi connectivity index (χ3v) is 5.13. The average molecular weight is 329 g/mol. The van der Waals surface area contributed by atoms with E-state index in [1.807, 2.05) is 30.3 Å². The number of hydrogen-bond donors (Lipinski definition) is 2. The Morgan fingerprint density at radius 1 is 1.38 bits per heavy atom. The molecule has 2 bridgehead atoms. The van der Waals surface area contributed by atoms with Gasteiger partial charge in [0.15, 0.2) is 0 Å². The number of hydrogen-bond acceptors (Lipinski definition) is 3. The van der Waals surface area contributed by atoms with Crippen LogP contribution in [0.25, 0.3) is 0 Å². The topological polar surface area (TPSA) is 53.6 Å². The summed E-state index contributed by atoms with van der Waals surface area (Å²) in [5.74, 6) is 0.736. The number of anilines is 1. The van der Waals surface area contributed by atoms with Crippen LogP contribution >= 0.6 is 0 Å². The van der Waals surface area contributed by atoms with E-state index in [0.29, 0.717) is 12.1 Å². The lowest BCUT2D eigenvalue weighted by atomic mass is 9.82. The first kappa shape index (κ1) is 16.8. The quantitative estimate of drug-likeness (QED) is 0.814. The van der Waals surface area contributed by atoms with E-state index in [1.165, 1.54) is 19.3 Å². The van der Waals surface area contributed by atoms with E-state index >= 15 is 0 Å². The van der Waals surface area contributed by atoms with Gasteiger partial charge in [-0.05, 0) is 37.8 Å². The van der Waals surface area contributed by atoms with Gasteiger partial charge in [-0.25, -0.2) is 4.79 Å². The van der Waals surface area contributed by atoms with Crippen LogP contribution in [0.5, 0.6) is 5.75 Å². The molecule has 24 heavy (non-hydrogen) atoms. The van der Waals surface area contributed by atoms with Crippen molar-refractivity contribution in [3.8, 4) is 5.75 Å². The first-order valence-electron chi connectivity index (χ1n) is 8.78. The molecule has 0 radical (unpaired) electrons. The van der Waals surface area contributed by atoms with Crippen LogP contribution in [0, 0.1) is 0 Å². The summed E-state index contributed by atoms with van der Waals surface area (Å²) in [7, 11) is 1.62. The van der Waals surface area contributed by atoms with Crippen LogP contribution in [0.15, 0.2) is 36.9 Å². The lowest BCUT2D eigenvalue weighted by Crippen LogP contribution is -2.57. The first-order valence-corrected chi connectivity index (χ1v) is 8.78. The van der Waals surface area contributed by atoms with Crippen molar-refractivity contribution in [2.24, 2.45) is 0 Å².